The van der Waals surface area contributed by atoms with Gasteiger partial charge >= 0.3 is 0 Å². The van der Waals surface area contributed by atoms with Gasteiger partial charge in [-0.2, -0.15) is 17.0 Å². The molecule has 0 saturated carbocycles. The lowest BCUT2D eigenvalue weighted by Gasteiger charge is -2.34. The Labute approximate surface area is 141 Å². The summed E-state index contributed by atoms with van der Waals surface area (Å²) in [7, 11) is -0.388. The number of fused-ring (bicyclic) bond motifs is 1. The fourth-order valence-electron chi connectivity index (χ4n) is 2.77. The molecule has 3 rings (SSSR count). The number of pyridine rings is 1. The van der Waals surface area contributed by atoms with Crippen LogP contribution in [0.15, 0.2) is 30.7 Å². The van der Waals surface area contributed by atoms with Gasteiger partial charge in [-0.1, -0.05) is 0 Å². The van der Waals surface area contributed by atoms with Gasteiger partial charge in [0.15, 0.2) is 0 Å². The number of hydrogen-bond acceptors (Lipinski definition) is 5. The van der Waals surface area contributed by atoms with Crippen LogP contribution in [0.5, 0.6) is 5.75 Å². The van der Waals surface area contributed by atoms with Crippen LogP contribution in [0, 0.1) is 0 Å². The van der Waals surface area contributed by atoms with Crippen molar-refractivity contribution in [3.63, 3.8) is 0 Å². The third-order valence-electron chi connectivity index (χ3n) is 4.10. The van der Waals surface area contributed by atoms with E-state index in [4.69, 9.17) is 4.74 Å². The van der Waals surface area contributed by atoms with Gasteiger partial charge < -0.3 is 9.30 Å². The summed E-state index contributed by atoms with van der Waals surface area (Å²) in [5.74, 6) is 1.42. The Morgan fingerprint density at radius 3 is 2.79 bits per heavy atom. The summed E-state index contributed by atoms with van der Waals surface area (Å²) >= 11 is 0. The van der Waals surface area contributed by atoms with Gasteiger partial charge in [0.05, 0.1) is 24.1 Å². The highest BCUT2D eigenvalue weighted by Crippen LogP contribution is 2.28. The van der Waals surface area contributed by atoms with Crippen molar-refractivity contribution in [2.45, 2.75) is 26.1 Å². The Bertz CT molecular complexity index is 804. The van der Waals surface area contributed by atoms with Crippen molar-refractivity contribution in [3.8, 4) is 5.75 Å². The molecule has 1 aliphatic rings. The molecule has 2 aromatic heterocycles. The molecule has 3 heterocycles. The maximum absolute atomic E-state index is 12.4. The highest BCUT2D eigenvalue weighted by molar-refractivity contribution is 7.86. The second-order valence-corrected chi connectivity index (χ2v) is 7.91. The number of aromatic nitrogens is 3. The average Bonchev–Trinajstić information content (AvgIpc) is 2.98. The van der Waals surface area contributed by atoms with Gasteiger partial charge in [-0.15, -0.1) is 0 Å². The van der Waals surface area contributed by atoms with Crippen molar-refractivity contribution in [2.75, 3.05) is 20.6 Å². The minimum Gasteiger partial charge on any atom is -0.486 e. The van der Waals surface area contributed by atoms with E-state index in [1.807, 2.05) is 23.6 Å². The van der Waals surface area contributed by atoms with E-state index in [-0.39, 0.29) is 6.04 Å². The molecule has 0 amide bonds. The molecule has 0 radical (unpaired) electrons. The molecule has 1 unspecified atom stereocenters. The fraction of sp³-hybridized carbons (Fsp3) is 0.467. The summed E-state index contributed by atoms with van der Waals surface area (Å²) in [4.78, 5) is 8.43. The second-order valence-electron chi connectivity index (χ2n) is 5.81. The lowest BCUT2D eigenvalue weighted by molar-refractivity contribution is 0.246. The number of ether oxygens (including phenoxy) is 1. The summed E-state index contributed by atoms with van der Waals surface area (Å²) in [6, 6.07) is 3.33. The predicted molar refractivity (Wildman–Crippen MR) is 88.5 cm³/mol. The lowest BCUT2D eigenvalue weighted by Crippen LogP contribution is -2.46. The quantitative estimate of drug-likeness (QED) is 0.804. The monoisotopic (exact) mass is 351 g/mol. The summed E-state index contributed by atoms with van der Waals surface area (Å²) in [5, 5.41) is 0. The molecule has 8 nitrogen and oxygen atoms in total. The molecule has 0 aromatic carbocycles. The van der Waals surface area contributed by atoms with Gasteiger partial charge in [0, 0.05) is 33.4 Å². The molecule has 2 aromatic rings. The van der Waals surface area contributed by atoms with E-state index in [0.717, 1.165) is 11.5 Å². The van der Waals surface area contributed by atoms with Crippen LogP contribution in [0.1, 0.15) is 24.5 Å². The Morgan fingerprint density at radius 1 is 1.33 bits per heavy atom. The summed E-state index contributed by atoms with van der Waals surface area (Å²) in [5.41, 5.74) is 0.919. The molecule has 1 atom stereocenters. The van der Waals surface area contributed by atoms with Crippen molar-refractivity contribution in [1.82, 2.24) is 23.1 Å². The van der Waals surface area contributed by atoms with E-state index in [1.54, 1.807) is 18.6 Å². The van der Waals surface area contributed by atoms with E-state index in [9.17, 15) is 8.42 Å². The first-order chi connectivity index (χ1) is 11.4. The zero-order chi connectivity index (χ0) is 17.3. The average molecular weight is 351 g/mol. The molecule has 0 fully saturated rings. The molecule has 0 saturated heterocycles. The number of nitrogens with zero attached hydrogens (tertiary/aromatic N) is 5. The smallest absolute Gasteiger partial charge is 0.282 e. The van der Waals surface area contributed by atoms with Gasteiger partial charge in [0.1, 0.15) is 18.2 Å². The first-order valence-electron chi connectivity index (χ1n) is 7.67. The van der Waals surface area contributed by atoms with Crippen LogP contribution in [0.4, 0.5) is 0 Å². The molecular formula is C15H21N5O3S. The van der Waals surface area contributed by atoms with Gasteiger partial charge in [0.2, 0.25) is 0 Å². The van der Waals surface area contributed by atoms with Crippen LogP contribution >= 0.6 is 0 Å². The molecule has 0 N–H and O–H groups in total. The maximum Gasteiger partial charge on any atom is 0.282 e. The molecular weight excluding hydrogens is 330 g/mol. The Kier molecular flexibility index (Phi) is 4.57. The summed E-state index contributed by atoms with van der Waals surface area (Å²) < 4.78 is 35.3. The van der Waals surface area contributed by atoms with Crippen LogP contribution in [-0.2, 0) is 23.4 Å². The topological polar surface area (TPSA) is 80.6 Å². The van der Waals surface area contributed by atoms with E-state index in [0.29, 0.717) is 25.4 Å². The van der Waals surface area contributed by atoms with Crippen molar-refractivity contribution >= 4 is 10.2 Å². The van der Waals surface area contributed by atoms with Crippen molar-refractivity contribution in [1.29, 1.82) is 0 Å². The molecule has 0 spiro atoms. The van der Waals surface area contributed by atoms with Crippen LogP contribution in [0.3, 0.4) is 0 Å². The van der Waals surface area contributed by atoms with Crippen LogP contribution in [0.25, 0.3) is 0 Å². The van der Waals surface area contributed by atoms with Gasteiger partial charge in [-0.3, -0.25) is 4.98 Å². The predicted octanol–water partition coefficient (Wildman–Crippen LogP) is 1.04. The van der Waals surface area contributed by atoms with Crippen molar-refractivity contribution in [2.24, 2.45) is 0 Å². The first kappa shape index (κ1) is 16.9. The maximum atomic E-state index is 12.4. The van der Waals surface area contributed by atoms with E-state index in [2.05, 4.69) is 9.97 Å². The minimum absolute atomic E-state index is 0.321. The fourth-order valence-corrected chi connectivity index (χ4v) is 4.00. The van der Waals surface area contributed by atoms with E-state index >= 15 is 0 Å². The molecule has 130 valence electrons. The lowest BCUT2D eigenvalue weighted by atomic mass is 10.2. The largest absolute Gasteiger partial charge is 0.486 e. The molecule has 0 aliphatic carbocycles. The Balaban J connectivity index is 1.78. The third-order valence-corrected chi connectivity index (χ3v) is 6.11. The van der Waals surface area contributed by atoms with E-state index < -0.39 is 10.2 Å². The summed E-state index contributed by atoms with van der Waals surface area (Å²) in [6.45, 7) is 3.18. The molecule has 9 heteroatoms. The van der Waals surface area contributed by atoms with Gasteiger partial charge in [-0.05, 0) is 19.1 Å². The minimum atomic E-state index is -3.46. The van der Waals surface area contributed by atoms with Crippen LogP contribution in [0.2, 0.25) is 0 Å². The first-order valence-corrected chi connectivity index (χ1v) is 9.07. The third kappa shape index (κ3) is 3.02. The highest BCUT2D eigenvalue weighted by Gasteiger charge is 2.36. The van der Waals surface area contributed by atoms with Crippen molar-refractivity contribution < 1.29 is 13.2 Å². The molecule has 1 aliphatic heterocycles. The Hall–Kier alpha value is -1.97. The standard InChI is InChI=1S/C15H21N5O3S/c1-12-15-17-9-13(11-23-14-5-4-6-16-10-14)19(15)7-8-20(12)24(21,22)18(2)3/h4-6,9-10,12H,7-8,11H2,1-3H3. The normalized spacial score (nSPS) is 18.6. The highest BCUT2D eigenvalue weighted by atomic mass is 32.2. The zero-order valence-electron chi connectivity index (χ0n) is 14.0. The number of hydrogen-bond donors (Lipinski definition) is 0. The second kappa shape index (κ2) is 6.50. The number of imidazole rings is 1. The molecule has 0 bridgehead atoms. The van der Waals surface area contributed by atoms with Gasteiger partial charge in [0.25, 0.3) is 10.2 Å². The molecule has 24 heavy (non-hydrogen) atoms. The van der Waals surface area contributed by atoms with Crippen LogP contribution in [-0.4, -0.2) is 52.2 Å². The van der Waals surface area contributed by atoms with Gasteiger partial charge in [-0.25, -0.2) is 4.98 Å². The SMILES string of the molecule is CC1c2ncc(COc3cccnc3)n2CCN1S(=O)(=O)N(C)C. The summed E-state index contributed by atoms with van der Waals surface area (Å²) in [6.07, 6.45) is 5.09. The van der Waals surface area contributed by atoms with E-state index in [1.165, 1.54) is 22.7 Å². The number of rotatable bonds is 5. The van der Waals surface area contributed by atoms with Crippen LogP contribution < -0.4 is 4.74 Å². The Morgan fingerprint density at radius 2 is 2.12 bits per heavy atom. The zero-order valence-corrected chi connectivity index (χ0v) is 14.8. The van der Waals surface area contributed by atoms with Crippen molar-refractivity contribution in [3.05, 3.63) is 42.2 Å².